The Labute approximate surface area is 154 Å². The number of hydrogen-bond donors (Lipinski definition) is 1. The zero-order chi connectivity index (χ0) is 18.4. The molecule has 0 bridgehead atoms. The molecule has 5 nitrogen and oxygen atoms in total. The minimum absolute atomic E-state index is 0.0127. The van der Waals surface area contributed by atoms with E-state index in [9.17, 15) is 4.79 Å². The standard InChI is InChI=1S/C21H26N2O3/c1-16(23(2)17-8-9-17)14-22-21(24)15-25-18-10-12-20(13-11-18)26-19-6-4-3-5-7-19/h3-7,10-13,16-17H,8-9,14-15H2,1-2H3,(H,22,24). The molecule has 2 aromatic rings. The maximum Gasteiger partial charge on any atom is 0.257 e. The van der Waals surface area contributed by atoms with Gasteiger partial charge in [0, 0.05) is 18.6 Å². The lowest BCUT2D eigenvalue weighted by atomic mass is 10.3. The molecule has 1 atom stereocenters. The summed E-state index contributed by atoms with van der Waals surface area (Å²) in [6, 6.07) is 17.9. The third-order valence-electron chi connectivity index (χ3n) is 4.59. The van der Waals surface area contributed by atoms with Crippen molar-refractivity contribution in [2.75, 3.05) is 20.2 Å². The van der Waals surface area contributed by atoms with Crippen LogP contribution in [0.5, 0.6) is 17.2 Å². The molecule has 138 valence electrons. The Hall–Kier alpha value is -2.53. The number of nitrogens with zero attached hydrogens (tertiary/aromatic N) is 1. The lowest BCUT2D eigenvalue weighted by Gasteiger charge is -2.24. The lowest BCUT2D eigenvalue weighted by molar-refractivity contribution is -0.123. The van der Waals surface area contributed by atoms with Gasteiger partial charge in [0.15, 0.2) is 6.61 Å². The number of nitrogens with one attached hydrogen (secondary N) is 1. The third kappa shape index (κ3) is 5.49. The molecule has 0 radical (unpaired) electrons. The fourth-order valence-electron chi connectivity index (χ4n) is 2.68. The largest absolute Gasteiger partial charge is 0.484 e. The molecule has 0 spiro atoms. The molecule has 3 rings (SSSR count). The van der Waals surface area contributed by atoms with Gasteiger partial charge in [-0.15, -0.1) is 0 Å². The van der Waals surface area contributed by atoms with Crippen molar-refractivity contribution in [3.63, 3.8) is 0 Å². The van der Waals surface area contributed by atoms with Gasteiger partial charge in [0.25, 0.3) is 5.91 Å². The summed E-state index contributed by atoms with van der Waals surface area (Å²) in [6.07, 6.45) is 2.53. The van der Waals surface area contributed by atoms with Crippen LogP contribution in [0, 0.1) is 0 Å². The number of carbonyl (C=O) groups excluding carboxylic acids is 1. The minimum Gasteiger partial charge on any atom is -0.484 e. The predicted molar refractivity (Wildman–Crippen MR) is 102 cm³/mol. The van der Waals surface area contributed by atoms with Crippen LogP contribution in [0.2, 0.25) is 0 Å². The Kier molecular flexibility index (Phi) is 6.12. The van der Waals surface area contributed by atoms with Gasteiger partial charge in [0.05, 0.1) is 0 Å². The van der Waals surface area contributed by atoms with E-state index in [0.29, 0.717) is 24.4 Å². The first kappa shape index (κ1) is 18.3. The summed E-state index contributed by atoms with van der Waals surface area (Å²) in [4.78, 5) is 14.3. The number of amides is 1. The van der Waals surface area contributed by atoms with E-state index in [1.54, 1.807) is 12.1 Å². The van der Waals surface area contributed by atoms with Crippen LogP contribution in [-0.4, -0.2) is 43.1 Å². The van der Waals surface area contributed by atoms with Gasteiger partial charge in [-0.25, -0.2) is 0 Å². The quantitative estimate of drug-likeness (QED) is 0.749. The first-order valence-electron chi connectivity index (χ1n) is 9.06. The number of ether oxygens (including phenoxy) is 2. The minimum atomic E-state index is -0.106. The van der Waals surface area contributed by atoms with Crippen LogP contribution < -0.4 is 14.8 Å². The second kappa shape index (κ2) is 8.72. The molecule has 0 aromatic heterocycles. The van der Waals surface area contributed by atoms with E-state index in [2.05, 4.69) is 24.2 Å². The highest BCUT2D eigenvalue weighted by molar-refractivity contribution is 5.77. The highest BCUT2D eigenvalue weighted by Gasteiger charge is 2.29. The monoisotopic (exact) mass is 354 g/mol. The van der Waals surface area contributed by atoms with Crippen LogP contribution >= 0.6 is 0 Å². The summed E-state index contributed by atoms with van der Waals surface area (Å²) in [7, 11) is 2.12. The first-order chi connectivity index (χ1) is 12.6. The van der Waals surface area contributed by atoms with Gasteiger partial charge in [0.1, 0.15) is 17.2 Å². The van der Waals surface area contributed by atoms with Gasteiger partial charge in [-0.3, -0.25) is 9.69 Å². The highest BCUT2D eigenvalue weighted by Crippen LogP contribution is 2.26. The number of benzene rings is 2. The topological polar surface area (TPSA) is 50.8 Å². The van der Waals surface area contributed by atoms with Gasteiger partial charge in [-0.1, -0.05) is 18.2 Å². The van der Waals surface area contributed by atoms with E-state index in [1.807, 2.05) is 42.5 Å². The van der Waals surface area contributed by atoms with Crippen molar-refractivity contribution < 1.29 is 14.3 Å². The van der Waals surface area contributed by atoms with Crippen LogP contribution in [0.4, 0.5) is 0 Å². The lowest BCUT2D eigenvalue weighted by Crippen LogP contribution is -2.42. The summed E-state index contributed by atoms with van der Waals surface area (Å²) >= 11 is 0. The average molecular weight is 354 g/mol. The normalized spacial score (nSPS) is 14.7. The number of para-hydroxylation sites is 1. The Morgan fingerprint density at radius 1 is 1.08 bits per heavy atom. The van der Waals surface area contributed by atoms with Crippen LogP contribution in [-0.2, 0) is 4.79 Å². The van der Waals surface area contributed by atoms with Crippen molar-refractivity contribution in [2.45, 2.75) is 31.8 Å². The summed E-state index contributed by atoms with van der Waals surface area (Å²) in [6.45, 7) is 2.78. The number of carbonyl (C=O) groups is 1. The molecule has 1 N–H and O–H groups in total. The SMILES string of the molecule is CC(CNC(=O)COc1ccc(Oc2ccccc2)cc1)N(C)C1CC1. The molecule has 0 heterocycles. The summed E-state index contributed by atoms with van der Waals surface area (Å²) in [5.41, 5.74) is 0. The summed E-state index contributed by atoms with van der Waals surface area (Å²) < 4.78 is 11.3. The number of rotatable bonds is 9. The van der Waals surface area contributed by atoms with E-state index >= 15 is 0 Å². The van der Waals surface area contributed by atoms with E-state index in [1.165, 1.54) is 12.8 Å². The molecule has 0 saturated heterocycles. The third-order valence-corrected chi connectivity index (χ3v) is 4.59. The van der Waals surface area contributed by atoms with Crippen molar-refractivity contribution in [3.05, 3.63) is 54.6 Å². The molecule has 0 aliphatic heterocycles. The van der Waals surface area contributed by atoms with Gasteiger partial charge in [-0.2, -0.15) is 0 Å². The molecule has 1 amide bonds. The van der Waals surface area contributed by atoms with Gasteiger partial charge >= 0.3 is 0 Å². The highest BCUT2D eigenvalue weighted by atomic mass is 16.5. The van der Waals surface area contributed by atoms with E-state index in [0.717, 1.165) is 11.5 Å². The second-order valence-electron chi connectivity index (χ2n) is 6.72. The van der Waals surface area contributed by atoms with Crippen molar-refractivity contribution in [1.29, 1.82) is 0 Å². The molecule has 1 aliphatic carbocycles. The molecule has 26 heavy (non-hydrogen) atoms. The Morgan fingerprint density at radius 3 is 2.35 bits per heavy atom. The Balaban J connectivity index is 1.39. The molecule has 5 heteroatoms. The van der Waals surface area contributed by atoms with Crippen LogP contribution in [0.1, 0.15) is 19.8 Å². The second-order valence-corrected chi connectivity index (χ2v) is 6.72. The predicted octanol–water partition coefficient (Wildman–Crippen LogP) is 3.46. The number of hydrogen-bond acceptors (Lipinski definition) is 4. The van der Waals surface area contributed by atoms with Gasteiger partial charge in [-0.05, 0) is 63.2 Å². The fraction of sp³-hybridized carbons (Fsp3) is 0.381. The van der Waals surface area contributed by atoms with E-state index < -0.39 is 0 Å². The Bertz CT molecular complexity index is 699. The fourth-order valence-corrected chi connectivity index (χ4v) is 2.68. The average Bonchev–Trinajstić information content (AvgIpc) is 3.51. The molecular weight excluding hydrogens is 328 g/mol. The van der Waals surface area contributed by atoms with Gasteiger partial charge < -0.3 is 14.8 Å². The molecule has 1 fully saturated rings. The van der Waals surface area contributed by atoms with Gasteiger partial charge in [0.2, 0.25) is 0 Å². The van der Waals surface area contributed by atoms with E-state index in [4.69, 9.17) is 9.47 Å². The maximum atomic E-state index is 12.0. The van der Waals surface area contributed by atoms with Crippen molar-refractivity contribution >= 4 is 5.91 Å². The Morgan fingerprint density at radius 2 is 1.69 bits per heavy atom. The van der Waals surface area contributed by atoms with Crippen molar-refractivity contribution in [1.82, 2.24) is 10.2 Å². The molecule has 1 saturated carbocycles. The summed E-state index contributed by atoms with van der Waals surface area (Å²) in [5.74, 6) is 2.05. The zero-order valence-electron chi connectivity index (χ0n) is 15.4. The molecular formula is C21H26N2O3. The maximum absolute atomic E-state index is 12.0. The molecule has 1 aliphatic rings. The number of likely N-dealkylation sites (N-methyl/N-ethyl adjacent to an activating group) is 1. The molecule has 2 aromatic carbocycles. The van der Waals surface area contributed by atoms with Crippen molar-refractivity contribution in [3.8, 4) is 17.2 Å². The smallest absolute Gasteiger partial charge is 0.257 e. The van der Waals surface area contributed by atoms with Crippen LogP contribution in [0.3, 0.4) is 0 Å². The van der Waals surface area contributed by atoms with Crippen LogP contribution in [0.25, 0.3) is 0 Å². The van der Waals surface area contributed by atoms with Crippen LogP contribution in [0.15, 0.2) is 54.6 Å². The van der Waals surface area contributed by atoms with Crippen molar-refractivity contribution in [2.24, 2.45) is 0 Å². The van der Waals surface area contributed by atoms with E-state index in [-0.39, 0.29) is 12.5 Å². The molecule has 1 unspecified atom stereocenters. The summed E-state index contributed by atoms with van der Waals surface area (Å²) in [5, 5.41) is 2.93. The first-order valence-corrected chi connectivity index (χ1v) is 9.06. The zero-order valence-corrected chi connectivity index (χ0v) is 15.4.